The molecule has 0 radical (unpaired) electrons. The van der Waals surface area contributed by atoms with Crippen LogP contribution in [-0.4, -0.2) is 0 Å². The molecule has 0 bridgehead atoms. The maximum atomic E-state index is 3.60. The Morgan fingerprint density at radius 2 is 1.38 bits per heavy atom. The fraction of sp³-hybridized carbons (Fsp3) is 0.400. The van der Waals surface area contributed by atoms with Crippen LogP contribution in [0.1, 0.15) is 55.5 Å². The molecule has 0 amide bonds. The van der Waals surface area contributed by atoms with Crippen LogP contribution in [0.4, 0.5) is 0 Å². The van der Waals surface area contributed by atoms with Gasteiger partial charge < -0.3 is 5.32 Å². The smallest absolute Gasteiger partial charge is 0.0294 e. The van der Waals surface area contributed by atoms with Crippen molar-refractivity contribution in [3.05, 3.63) is 70.8 Å². The van der Waals surface area contributed by atoms with Gasteiger partial charge in [0.15, 0.2) is 0 Å². The van der Waals surface area contributed by atoms with Gasteiger partial charge in [-0.15, -0.1) is 0 Å². The predicted octanol–water partition coefficient (Wildman–Crippen LogP) is 5.05. The van der Waals surface area contributed by atoms with Gasteiger partial charge in [-0.25, -0.2) is 0 Å². The molecule has 2 aromatic carbocycles. The van der Waals surface area contributed by atoms with Gasteiger partial charge in [-0.2, -0.15) is 0 Å². The van der Waals surface area contributed by atoms with Crippen LogP contribution in [0.2, 0.25) is 0 Å². The molecule has 0 aromatic heterocycles. The zero-order valence-corrected chi connectivity index (χ0v) is 13.5. The Morgan fingerprint density at radius 1 is 0.810 bits per heavy atom. The molecule has 2 aromatic rings. The van der Waals surface area contributed by atoms with Crippen molar-refractivity contribution in [3.8, 4) is 0 Å². The van der Waals surface area contributed by atoms with Crippen molar-refractivity contribution < 1.29 is 0 Å². The first kappa shape index (κ1) is 15.8. The molecule has 1 unspecified atom stereocenters. The fourth-order valence-electron chi connectivity index (χ4n) is 2.54. The van der Waals surface area contributed by atoms with E-state index in [9.17, 15) is 0 Å². The highest BCUT2D eigenvalue weighted by Gasteiger charge is 2.05. The predicted molar refractivity (Wildman–Crippen MR) is 91.5 cm³/mol. The molecule has 1 N–H and O–H groups in total. The summed E-state index contributed by atoms with van der Waals surface area (Å²) in [6, 6.07) is 18.3. The second-order valence-corrected chi connectivity index (χ2v) is 5.76. The zero-order valence-electron chi connectivity index (χ0n) is 13.5. The zero-order chi connectivity index (χ0) is 15.1. The number of aryl methyl sites for hydroxylation is 2. The molecule has 0 saturated carbocycles. The summed E-state index contributed by atoms with van der Waals surface area (Å²) in [6.45, 7) is 7.57. The molecule has 1 heteroatoms. The lowest BCUT2D eigenvalue weighted by Crippen LogP contribution is -2.18. The minimum atomic E-state index is 0.381. The Hall–Kier alpha value is -1.60. The maximum Gasteiger partial charge on any atom is 0.0294 e. The Bertz CT molecular complexity index is 525. The summed E-state index contributed by atoms with van der Waals surface area (Å²) in [4.78, 5) is 0. The largest absolute Gasteiger partial charge is 0.306 e. The average Bonchev–Trinajstić information content (AvgIpc) is 2.54. The summed E-state index contributed by atoms with van der Waals surface area (Å²) in [5.74, 6) is 0. The van der Waals surface area contributed by atoms with Gasteiger partial charge in [0.2, 0.25) is 0 Å². The number of rotatable bonds is 7. The van der Waals surface area contributed by atoms with Crippen LogP contribution >= 0.6 is 0 Å². The van der Waals surface area contributed by atoms with E-state index < -0.39 is 0 Å². The summed E-state index contributed by atoms with van der Waals surface area (Å²) in [5.41, 5.74) is 5.55. The molecule has 0 aliphatic heterocycles. The highest BCUT2D eigenvalue weighted by molar-refractivity contribution is 5.26. The van der Waals surface area contributed by atoms with Gasteiger partial charge in [-0.05, 0) is 42.0 Å². The van der Waals surface area contributed by atoms with Crippen molar-refractivity contribution in [1.29, 1.82) is 0 Å². The summed E-state index contributed by atoms with van der Waals surface area (Å²) >= 11 is 0. The van der Waals surface area contributed by atoms with Gasteiger partial charge in [0.25, 0.3) is 0 Å². The van der Waals surface area contributed by atoms with E-state index in [1.165, 1.54) is 35.1 Å². The van der Waals surface area contributed by atoms with E-state index in [4.69, 9.17) is 0 Å². The normalized spacial score (nSPS) is 12.3. The summed E-state index contributed by atoms with van der Waals surface area (Å²) in [5, 5.41) is 3.60. The molecule has 1 nitrogen and oxygen atoms in total. The van der Waals surface area contributed by atoms with Crippen LogP contribution in [0.15, 0.2) is 48.5 Å². The lowest BCUT2D eigenvalue weighted by Gasteiger charge is -2.15. The molecule has 0 spiro atoms. The van der Waals surface area contributed by atoms with E-state index in [0.29, 0.717) is 6.04 Å². The number of hydrogen-bond donors (Lipinski definition) is 1. The van der Waals surface area contributed by atoms with Crippen LogP contribution in [0, 0.1) is 0 Å². The van der Waals surface area contributed by atoms with Crippen molar-refractivity contribution in [1.82, 2.24) is 5.32 Å². The van der Waals surface area contributed by atoms with E-state index in [1.807, 2.05) is 0 Å². The fourth-order valence-corrected chi connectivity index (χ4v) is 2.54. The molecule has 21 heavy (non-hydrogen) atoms. The third-order valence-electron chi connectivity index (χ3n) is 4.06. The maximum absolute atomic E-state index is 3.60. The van der Waals surface area contributed by atoms with Gasteiger partial charge in [-0.3, -0.25) is 0 Å². The second-order valence-electron chi connectivity index (χ2n) is 5.76. The monoisotopic (exact) mass is 281 g/mol. The van der Waals surface area contributed by atoms with Crippen LogP contribution in [-0.2, 0) is 19.4 Å². The minimum Gasteiger partial charge on any atom is -0.306 e. The first-order valence-corrected chi connectivity index (χ1v) is 8.13. The highest BCUT2D eigenvalue weighted by atomic mass is 14.9. The quantitative estimate of drug-likeness (QED) is 0.748. The third kappa shape index (κ3) is 4.71. The Kier molecular flexibility index (Phi) is 6.01. The minimum absolute atomic E-state index is 0.381. The number of nitrogens with one attached hydrogen (secondary N) is 1. The van der Waals surface area contributed by atoms with Gasteiger partial charge in [0, 0.05) is 12.6 Å². The van der Waals surface area contributed by atoms with E-state index in [-0.39, 0.29) is 0 Å². The molecule has 0 aliphatic carbocycles. The lowest BCUT2D eigenvalue weighted by molar-refractivity contribution is 0.574. The summed E-state index contributed by atoms with van der Waals surface area (Å²) in [6.07, 6.45) is 3.49. The number of benzene rings is 2. The van der Waals surface area contributed by atoms with Gasteiger partial charge in [-0.1, -0.05) is 68.8 Å². The van der Waals surface area contributed by atoms with Crippen molar-refractivity contribution in [2.75, 3.05) is 0 Å². The van der Waals surface area contributed by atoms with Gasteiger partial charge in [0.05, 0.1) is 0 Å². The van der Waals surface area contributed by atoms with Crippen molar-refractivity contribution in [2.45, 2.75) is 52.6 Å². The van der Waals surface area contributed by atoms with Gasteiger partial charge in [0.1, 0.15) is 0 Å². The lowest BCUT2D eigenvalue weighted by atomic mass is 10.0. The topological polar surface area (TPSA) is 12.0 Å². The molecule has 0 heterocycles. The second kappa shape index (κ2) is 7.99. The van der Waals surface area contributed by atoms with Crippen LogP contribution < -0.4 is 5.32 Å². The Balaban J connectivity index is 1.89. The summed E-state index contributed by atoms with van der Waals surface area (Å²) in [7, 11) is 0. The Morgan fingerprint density at radius 3 is 1.95 bits per heavy atom. The highest BCUT2D eigenvalue weighted by Crippen LogP contribution is 2.15. The molecular weight excluding hydrogens is 254 g/mol. The van der Waals surface area contributed by atoms with Gasteiger partial charge >= 0.3 is 0 Å². The van der Waals surface area contributed by atoms with Crippen LogP contribution in [0.3, 0.4) is 0 Å². The van der Waals surface area contributed by atoms with Crippen molar-refractivity contribution >= 4 is 0 Å². The average molecular weight is 281 g/mol. The van der Waals surface area contributed by atoms with E-state index in [2.05, 4.69) is 74.6 Å². The van der Waals surface area contributed by atoms with Crippen LogP contribution in [0.5, 0.6) is 0 Å². The molecule has 0 fully saturated rings. The van der Waals surface area contributed by atoms with Crippen molar-refractivity contribution in [3.63, 3.8) is 0 Å². The molecular formula is C20H27N. The SMILES string of the molecule is CCCc1ccc(C(C)NCc2ccc(CC)cc2)cc1. The molecule has 0 aliphatic rings. The van der Waals surface area contributed by atoms with E-state index in [0.717, 1.165) is 13.0 Å². The third-order valence-corrected chi connectivity index (χ3v) is 4.06. The van der Waals surface area contributed by atoms with E-state index >= 15 is 0 Å². The standard InChI is InChI=1S/C20H27N/c1-4-6-18-11-13-20(14-12-18)16(3)21-15-19-9-7-17(5-2)8-10-19/h7-14,16,21H,4-6,15H2,1-3H3. The molecule has 1 atom stereocenters. The van der Waals surface area contributed by atoms with Crippen LogP contribution in [0.25, 0.3) is 0 Å². The van der Waals surface area contributed by atoms with E-state index in [1.54, 1.807) is 0 Å². The number of hydrogen-bond acceptors (Lipinski definition) is 1. The first-order chi connectivity index (χ1) is 10.2. The molecule has 112 valence electrons. The summed E-state index contributed by atoms with van der Waals surface area (Å²) < 4.78 is 0. The molecule has 2 rings (SSSR count). The first-order valence-electron chi connectivity index (χ1n) is 8.13. The van der Waals surface area contributed by atoms with Crippen molar-refractivity contribution in [2.24, 2.45) is 0 Å². The Labute approximate surface area is 129 Å². The molecule has 0 saturated heterocycles.